The number of hydrogen-bond donors (Lipinski definition) is 5. The summed E-state index contributed by atoms with van der Waals surface area (Å²) < 4.78 is 4.06. The van der Waals surface area contributed by atoms with Gasteiger partial charge in [0, 0.05) is 19.5 Å². The second kappa shape index (κ2) is 10.7. The second-order valence-corrected chi connectivity index (χ2v) is 3.09. The van der Waals surface area contributed by atoms with Crippen LogP contribution in [0.4, 0.5) is 0 Å². The van der Waals surface area contributed by atoms with Gasteiger partial charge in [-0.05, 0) is 0 Å². The summed E-state index contributed by atoms with van der Waals surface area (Å²) in [5.41, 5.74) is 0. The fraction of sp³-hybridized carbons (Fsp3) is 0.500. The van der Waals surface area contributed by atoms with E-state index in [4.69, 9.17) is 25.5 Å². The molecule has 3 atom stereocenters. The smallest absolute Gasteiger partial charge is 0.348 e. The van der Waals surface area contributed by atoms with Crippen LogP contribution < -0.4 is 0 Å². The molecular weight excluding hydrogens is 348 g/mol. The molecule has 0 aromatic carbocycles. The molecule has 110 valence electrons. The number of esters is 1. The molecule has 0 saturated carbocycles. The molecule has 0 fully saturated rings. The topological polar surface area (TPSA) is 179 Å². The van der Waals surface area contributed by atoms with Crippen molar-refractivity contribution in [2.45, 2.75) is 24.7 Å². The Morgan fingerprint density at radius 1 is 0.900 bits per heavy atom. The van der Waals surface area contributed by atoms with E-state index in [0.29, 0.717) is 0 Å². The van der Waals surface area contributed by atoms with Crippen LogP contribution in [0.15, 0.2) is 0 Å². The average molecular weight is 362 g/mol. The van der Waals surface area contributed by atoms with Crippen molar-refractivity contribution in [2.75, 3.05) is 0 Å². The summed E-state index contributed by atoms with van der Waals surface area (Å²) in [6, 6.07) is 0. The molecule has 20 heavy (non-hydrogen) atoms. The van der Waals surface area contributed by atoms with Crippen LogP contribution >= 0.6 is 0 Å². The molecule has 0 aromatic heterocycles. The number of aliphatic hydroxyl groups excluding tert-OH is 2. The number of hydrogen-bond acceptors (Lipinski definition) is 7. The Morgan fingerprint density at radius 2 is 1.35 bits per heavy atom. The van der Waals surface area contributed by atoms with E-state index in [1.54, 1.807) is 0 Å². The van der Waals surface area contributed by atoms with Gasteiger partial charge in [0.1, 0.15) is 0 Å². The number of ether oxygens (including phenoxy) is 1. The van der Waals surface area contributed by atoms with Crippen LogP contribution in [0.2, 0.25) is 0 Å². The van der Waals surface area contributed by atoms with Gasteiger partial charge < -0.3 is 30.3 Å². The summed E-state index contributed by atoms with van der Waals surface area (Å²) in [6.45, 7) is 0. The zero-order chi connectivity index (χ0) is 14.5. The van der Waals surface area contributed by atoms with Crippen molar-refractivity contribution in [3.05, 3.63) is 0 Å². The van der Waals surface area contributed by atoms with Crippen molar-refractivity contribution in [3.8, 4) is 0 Å². The minimum atomic E-state index is -2.51. The van der Waals surface area contributed by atoms with Crippen LogP contribution in [-0.2, 0) is 43.4 Å². The molecule has 0 radical (unpaired) electrons. The van der Waals surface area contributed by atoms with E-state index >= 15 is 0 Å². The van der Waals surface area contributed by atoms with Crippen molar-refractivity contribution in [3.63, 3.8) is 0 Å². The third-order valence-electron chi connectivity index (χ3n) is 1.69. The van der Waals surface area contributed by atoms with Crippen molar-refractivity contribution in [1.82, 2.24) is 0 Å². The first-order chi connectivity index (χ1) is 8.16. The maximum atomic E-state index is 11.0. The Labute approximate surface area is 135 Å². The molecular formula is C8H13AlO10Zn. The molecule has 0 bridgehead atoms. The SMILES string of the molecule is O=C(CC(O)C(=O)O)OC(C(=O)O)C(O)C(=O)O.[AlH3].[Zn]. The minimum Gasteiger partial charge on any atom is -0.479 e. The van der Waals surface area contributed by atoms with Crippen molar-refractivity contribution in [2.24, 2.45) is 0 Å². The fourth-order valence-electron chi connectivity index (χ4n) is 0.814. The van der Waals surface area contributed by atoms with Gasteiger partial charge >= 0.3 is 23.9 Å². The van der Waals surface area contributed by atoms with E-state index in [1.165, 1.54) is 0 Å². The molecule has 3 unspecified atom stereocenters. The Hall–Kier alpha value is -1.04. The molecule has 10 nitrogen and oxygen atoms in total. The van der Waals surface area contributed by atoms with E-state index < -0.39 is 48.6 Å². The van der Waals surface area contributed by atoms with Crippen LogP contribution in [0.5, 0.6) is 0 Å². The molecule has 0 heterocycles. The number of carboxylic acid groups (broad SMARTS) is 3. The Morgan fingerprint density at radius 3 is 1.65 bits per heavy atom. The number of carbonyl (C=O) groups excluding carboxylic acids is 1. The van der Waals surface area contributed by atoms with Crippen LogP contribution in [0.25, 0.3) is 0 Å². The molecule has 0 saturated heterocycles. The molecule has 0 aliphatic carbocycles. The normalized spacial score (nSPS) is 13.7. The molecule has 0 spiro atoms. The van der Waals surface area contributed by atoms with Crippen molar-refractivity contribution in [1.29, 1.82) is 0 Å². The molecule has 12 heteroatoms. The number of carboxylic acids is 3. The van der Waals surface area contributed by atoms with E-state index in [0.717, 1.165) is 0 Å². The summed E-state index contributed by atoms with van der Waals surface area (Å²) in [5, 5.41) is 42.8. The molecule has 0 aliphatic heterocycles. The zero-order valence-electron chi connectivity index (χ0n) is 9.42. The summed E-state index contributed by atoms with van der Waals surface area (Å²) in [7, 11) is 0. The molecule has 0 aliphatic rings. The van der Waals surface area contributed by atoms with Gasteiger partial charge in [-0.3, -0.25) is 4.79 Å². The molecule has 5 N–H and O–H groups in total. The Kier molecular flexibility index (Phi) is 12.9. The number of rotatable bonds is 7. The van der Waals surface area contributed by atoms with Gasteiger partial charge in [0.25, 0.3) is 0 Å². The first kappa shape index (κ1) is 24.0. The van der Waals surface area contributed by atoms with Crippen molar-refractivity contribution >= 4 is 41.2 Å². The van der Waals surface area contributed by atoms with Crippen LogP contribution in [0, 0.1) is 0 Å². The van der Waals surface area contributed by atoms with Crippen LogP contribution in [-0.4, -0.2) is 85.1 Å². The van der Waals surface area contributed by atoms with Gasteiger partial charge in [0.15, 0.2) is 29.6 Å². The van der Waals surface area contributed by atoms with Crippen LogP contribution in [0.1, 0.15) is 6.42 Å². The zero-order valence-corrected chi connectivity index (χ0v) is 12.4. The number of aliphatic carboxylic acids is 3. The van der Waals surface area contributed by atoms with Crippen LogP contribution in [0.3, 0.4) is 0 Å². The van der Waals surface area contributed by atoms with E-state index in [-0.39, 0.29) is 36.8 Å². The van der Waals surface area contributed by atoms with Gasteiger partial charge in [-0.15, -0.1) is 0 Å². The van der Waals surface area contributed by atoms with Gasteiger partial charge in [0.2, 0.25) is 6.10 Å². The van der Waals surface area contributed by atoms with E-state index in [9.17, 15) is 19.2 Å². The second-order valence-electron chi connectivity index (χ2n) is 3.09. The maximum absolute atomic E-state index is 11.0. The summed E-state index contributed by atoms with van der Waals surface area (Å²) in [4.78, 5) is 42.0. The Bertz CT molecular complexity index is 372. The van der Waals surface area contributed by atoms with E-state index in [1.807, 2.05) is 0 Å². The number of aliphatic hydroxyl groups is 2. The monoisotopic (exact) mass is 360 g/mol. The standard InChI is InChI=1S/C8H10O10.Al.Zn.3H/c9-2(6(12)13)1-3(10)18-5(8(16)17)4(11)7(14)15;;;;;/h2,4-5,9,11H,1H2,(H,12,13)(H,14,15)(H,16,17);;;;;. The summed E-state index contributed by atoms with van der Waals surface area (Å²) in [5.74, 6) is -7.08. The quantitative estimate of drug-likeness (QED) is 0.222. The maximum Gasteiger partial charge on any atom is 0.348 e. The predicted molar refractivity (Wildman–Crippen MR) is 59.4 cm³/mol. The average Bonchev–Trinajstić information content (AvgIpc) is 2.24. The van der Waals surface area contributed by atoms with Gasteiger partial charge in [-0.1, -0.05) is 0 Å². The summed E-state index contributed by atoms with van der Waals surface area (Å²) >= 11 is 0. The third-order valence-corrected chi connectivity index (χ3v) is 1.69. The third kappa shape index (κ3) is 8.19. The van der Waals surface area contributed by atoms with Gasteiger partial charge in [-0.25, -0.2) is 14.4 Å². The first-order valence-corrected chi connectivity index (χ1v) is 4.40. The van der Waals surface area contributed by atoms with Crippen molar-refractivity contribution < 1.29 is 68.9 Å². The first-order valence-electron chi connectivity index (χ1n) is 4.40. The Balaban J connectivity index is -0.00000144. The van der Waals surface area contributed by atoms with Gasteiger partial charge in [0.05, 0.1) is 6.42 Å². The van der Waals surface area contributed by atoms with E-state index in [2.05, 4.69) is 4.74 Å². The summed E-state index contributed by atoms with van der Waals surface area (Å²) in [6.07, 6.45) is -8.09. The predicted octanol–water partition coefficient (Wildman–Crippen LogP) is -3.92. The van der Waals surface area contributed by atoms with Gasteiger partial charge in [-0.2, -0.15) is 0 Å². The molecule has 0 amide bonds. The fourth-order valence-corrected chi connectivity index (χ4v) is 0.814. The largest absolute Gasteiger partial charge is 0.479 e. The molecule has 0 rings (SSSR count). The molecule has 0 aromatic rings. The number of carbonyl (C=O) groups is 4. The minimum absolute atomic E-state index is 0.